The summed E-state index contributed by atoms with van der Waals surface area (Å²) in [7, 11) is 3.33. The quantitative estimate of drug-likeness (QED) is 0.843. The standard InChI is InChI=1S/C16H24ClNO2/c1-10(15(19-4)20-5)18-14-13-8-12(17)7-6-11(13)9-16(14,2)3/h6-8,10,14-15,18H,9H2,1-5H3. The largest absolute Gasteiger partial charge is 0.354 e. The normalized spacial score (nSPS) is 22.1. The first-order chi connectivity index (χ1) is 9.39. The summed E-state index contributed by atoms with van der Waals surface area (Å²) in [6.45, 7) is 6.64. The molecule has 20 heavy (non-hydrogen) atoms. The van der Waals surface area contributed by atoms with Crippen molar-refractivity contribution in [1.82, 2.24) is 5.32 Å². The lowest BCUT2D eigenvalue weighted by molar-refractivity contribution is -0.122. The molecule has 0 fully saturated rings. The molecule has 0 radical (unpaired) electrons. The summed E-state index contributed by atoms with van der Waals surface area (Å²) in [6.07, 6.45) is 0.795. The smallest absolute Gasteiger partial charge is 0.171 e. The third kappa shape index (κ3) is 3.01. The molecule has 1 aliphatic rings. The number of halogens is 1. The fourth-order valence-electron chi connectivity index (χ4n) is 3.17. The van der Waals surface area contributed by atoms with Gasteiger partial charge in [0.05, 0.1) is 6.04 Å². The maximum atomic E-state index is 6.16. The summed E-state index contributed by atoms with van der Waals surface area (Å²) in [5, 5.41) is 4.43. The van der Waals surface area contributed by atoms with Crippen LogP contribution in [0.5, 0.6) is 0 Å². The Labute approximate surface area is 126 Å². The molecule has 0 saturated heterocycles. The number of hydrogen-bond acceptors (Lipinski definition) is 3. The number of nitrogens with one attached hydrogen (secondary N) is 1. The second-order valence-electron chi connectivity index (χ2n) is 6.24. The van der Waals surface area contributed by atoms with Crippen molar-refractivity contribution in [2.45, 2.75) is 45.6 Å². The first kappa shape index (κ1) is 15.8. The maximum Gasteiger partial charge on any atom is 0.171 e. The second-order valence-corrected chi connectivity index (χ2v) is 6.67. The highest BCUT2D eigenvalue weighted by Gasteiger charge is 2.40. The third-order valence-electron chi connectivity index (χ3n) is 4.15. The highest BCUT2D eigenvalue weighted by Crippen LogP contribution is 2.46. The van der Waals surface area contributed by atoms with E-state index in [1.54, 1.807) is 14.2 Å². The van der Waals surface area contributed by atoms with E-state index in [-0.39, 0.29) is 23.8 Å². The number of benzene rings is 1. The zero-order chi connectivity index (χ0) is 14.9. The van der Waals surface area contributed by atoms with Crippen LogP contribution in [0.1, 0.15) is 37.9 Å². The molecular formula is C16H24ClNO2. The van der Waals surface area contributed by atoms with Gasteiger partial charge in [-0.25, -0.2) is 0 Å². The van der Waals surface area contributed by atoms with E-state index in [4.69, 9.17) is 21.1 Å². The lowest BCUT2D eigenvalue weighted by atomic mass is 9.85. The van der Waals surface area contributed by atoms with Gasteiger partial charge in [-0.2, -0.15) is 0 Å². The van der Waals surface area contributed by atoms with Crippen LogP contribution in [0.2, 0.25) is 5.02 Å². The van der Waals surface area contributed by atoms with Gasteiger partial charge in [0.25, 0.3) is 0 Å². The molecule has 1 aromatic carbocycles. The number of fused-ring (bicyclic) bond motifs is 1. The average molecular weight is 298 g/mol. The number of methoxy groups -OCH3 is 2. The van der Waals surface area contributed by atoms with Gasteiger partial charge in [-0.1, -0.05) is 31.5 Å². The minimum Gasteiger partial charge on any atom is -0.354 e. The second kappa shape index (κ2) is 6.02. The van der Waals surface area contributed by atoms with Crippen molar-refractivity contribution < 1.29 is 9.47 Å². The molecule has 0 aromatic heterocycles. The molecule has 1 aliphatic carbocycles. The number of rotatable bonds is 5. The van der Waals surface area contributed by atoms with Crippen molar-refractivity contribution >= 4 is 11.6 Å². The van der Waals surface area contributed by atoms with Gasteiger partial charge >= 0.3 is 0 Å². The van der Waals surface area contributed by atoms with Crippen LogP contribution in [-0.2, 0) is 15.9 Å². The van der Waals surface area contributed by atoms with Gasteiger partial charge in [-0.05, 0) is 42.0 Å². The summed E-state index contributed by atoms with van der Waals surface area (Å²) in [4.78, 5) is 0. The predicted molar refractivity (Wildman–Crippen MR) is 82.1 cm³/mol. The molecule has 0 aliphatic heterocycles. The molecule has 0 spiro atoms. The Morgan fingerprint density at radius 2 is 1.95 bits per heavy atom. The third-order valence-corrected chi connectivity index (χ3v) is 4.38. The molecule has 2 unspecified atom stereocenters. The van der Waals surface area contributed by atoms with Crippen LogP contribution in [0.15, 0.2) is 18.2 Å². The first-order valence-corrected chi connectivity index (χ1v) is 7.37. The fraction of sp³-hybridized carbons (Fsp3) is 0.625. The molecular weight excluding hydrogens is 274 g/mol. The minimum absolute atomic E-state index is 0.0965. The Bertz CT molecular complexity index is 472. The van der Waals surface area contributed by atoms with Crippen LogP contribution in [0.4, 0.5) is 0 Å². The monoisotopic (exact) mass is 297 g/mol. The van der Waals surface area contributed by atoms with Gasteiger partial charge in [0, 0.05) is 25.3 Å². The summed E-state index contributed by atoms with van der Waals surface area (Å²) >= 11 is 6.16. The molecule has 0 bridgehead atoms. The Morgan fingerprint density at radius 3 is 2.55 bits per heavy atom. The van der Waals surface area contributed by atoms with Gasteiger partial charge in [0.1, 0.15) is 0 Å². The van der Waals surface area contributed by atoms with Crippen molar-refractivity contribution in [2.24, 2.45) is 5.41 Å². The van der Waals surface area contributed by atoms with E-state index in [0.717, 1.165) is 11.4 Å². The highest BCUT2D eigenvalue weighted by atomic mass is 35.5. The highest BCUT2D eigenvalue weighted by molar-refractivity contribution is 6.30. The van der Waals surface area contributed by atoms with Crippen LogP contribution in [0.25, 0.3) is 0 Å². The topological polar surface area (TPSA) is 30.5 Å². The van der Waals surface area contributed by atoms with Gasteiger partial charge in [0.2, 0.25) is 0 Å². The van der Waals surface area contributed by atoms with Gasteiger partial charge in [-0.3, -0.25) is 0 Å². The van der Waals surface area contributed by atoms with Crippen LogP contribution >= 0.6 is 11.6 Å². The zero-order valence-corrected chi connectivity index (χ0v) is 13.6. The van der Waals surface area contributed by atoms with E-state index < -0.39 is 0 Å². The molecule has 0 heterocycles. The first-order valence-electron chi connectivity index (χ1n) is 6.99. The predicted octanol–water partition coefficient (Wildman–Crippen LogP) is 3.56. The van der Waals surface area contributed by atoms with Crippen LogP contribution in [0.3, 0.4) is 0 Å². The maximum absolute atomic E-state index is 6.16. The summed E-state index contributed by atoms with van der Waals surface area (Å²) in [5.41, 5.74) is 2.81. The van der Waals surface area contributed by atoms with Crippen molar-refractivity contribution in [2.75, 3.05) is 14.2 Å². The summed E-state index contributed by atoms with van der Waals surface area (Å²) in [5.74, 6) is 0. The molecule has 3 nitrogen and oxygen atoms in total. The lowest BCUT2D eigenvalue weighted by Gasteiger charge is -2.33. The van der Waals surface area contributed by atoms with E-state index in [0.29, 0.717) is 0 Å². The van der Waals surface area contributed by atoms with E-state index in [1.807, 2.05) is 6.07 Å². The van der Waals surface area contributed by atoms with Crippen LogP contribution in [0, 0.1) is 5.41 Å². The van der Waals surface area contributed by atoms with Crippen LogP contribution < -0.4 is 5.32 Å². The summed E-state index contributed by atoms with van der Waals surface area (Å²) < 4.78 is 10.7. The molecule has 4 heteroatoms. The fourth-order valence-corrected chi connectivity index (χ4v) is 3.35. The molecule has 1 aromatic rings. The zero-order valence-electron chi connectivity index (χ0n) is 12.9. The molecule has 0 saturated carbocycles. The number of hydrogen-bond donors (Lipinski definition) is 1. The Kier molecular flexibility index (Phi) is 4.75. The van der Waals surface area contributed by atoms with E-state index in [2.05, 4.69) is 38.2 Å². The summed E-state index contributed by atoms with van der Waals surface area (Å²) in [6, 6.07) is 6.52. The molecule has 0 amide bonds. The molecule has 2 rings (SSSR count). The average Bonchev–Trinajstić information content (AvgIpc) is 2.62. The number of ether oxygens (including phenoxy) is 2. The SMILES string of the molecule is COC(OC)C(C)NC1c2cc(Cl)ccc2CC1(C)C. The molecule has 112 valence electrons. The Morgan fingerprint density at radius 1 is 1.30 bits per heavy atom. The van der Waals surface area contributed by atoms with Crippen molar-refractivity contribution in [3.05, 3.63) is 34.3 Å². The molecule has 1 N–H and O–H groups in total. The van der Waals surface area contributed by atoms with Crippen molar-refractivity contribution in [3.63, 3.8) is 0 Å². The van der Waals surface area contributed by atoms with E-state index in [1.165, 1.54) is 11.1 Å². The minimum atomic E-state index is -0.256. The van der Waals surface area contributed by atoms with Gasteiger partial charge < -0.3 is 14.8 Å². The van der Waals surface area contributed by atoms with Gasteiger partial charge in [0.15, 0.2) is 6.29 Å². The Hall–Kier alpha value is -0.610. The Balaban J connectivity index is 2.24. The molecule has 2 atom stereocenters. The van der Waals surface area contributed by atoms with Crippen LogP contribution in [-0.4, -0.2) is 26.6 Å². The van der Waals surface area contributed by atoms with Crippen molar-refractivity contribution in [3.8, 4) is 0 Å². The van der Waals surface area contributed by atoms with E-state index >= 15 is 0 Å². The van der Waals surface area contributed by atoms with Crippen molar-refractivity contribution in [1.29, 1.82) is 0 Å². The lowest BCUT2D eigenvalue weighted by Crippen LogP contribution is -2.44. The van der Waals surface area contributed by atoms with Gasteiger partial charge in [-0.15, -0.1) is 0 Å². The van der Waals surface area contributed by atoms with E-state index in [9.17, 15) is 0 Å².